The van der Waals surface area contributed by atoms with Gasteiger partial charge in [-0.3, -0.25) is 4.79 Å². The van der Waals surface area contributed by atoms with Crippen LogP contribution in [0.3, 0.4) is 0 Å². The Hall–Kier alpha value is -0.550. The molecule has 0 spiro atoms. The van der Waals surface area contributed by atoms with Crippen molar-refractivity contribution < 1.29 is 0 Å². The van der Waals surface area contributed by atoms with Gasteiger partial charge in [0.25, 0.3) is 5.56 Å². The largest absolute Gasteiger partial charge is 0.316 e. The molecule has 0 atom stereocenters. The molecule has 0 bridgehead atoms. The summed E-state index contributed by atoms with van der Waals surface area (Å²) in [7, 11) is 0. The Morgan fingerprint density at radius 3 is 2.54 bits per heavy atom. The number of aromatic amines is 1. The molecule has 13 heavy (non-hydrogen) atoms. The molecule has 1 N–H and O–H groups in total. The number of pyridine rings is 1. The van der Waals surface area contributed by atoms with Crippen LogP contribution in [-0.2, 0) is 0 Å². The molecule has 1 aromatic carbocycles. The van der Waals surface area contributed by atoms with Crippen molar-refractivity contribution >= 4 is 45.0 Å². The van der Waals surface area contributed by atoms with Gasteiger partial charge in [-0.25, -0.2) is 0 Å². The maximum absolute atomic E-state index is 11.4. The summed E-state index contributed by atoms with van der Waals surface area (Å²) >= 11 is 8.03. The zero-order valence-corrected chi connectivity index (χ0v) is 9.39. The second-order valence-corrected chi connectivity index (χ2v) is 4.08. The van der Waals surface area contributed by atoms with Gasteiger partial charge in [-0.1, -0.05) is 29.8 Å². The fraction of sp³-hybridized carbons (Fsp3) is 0. The smallest absolute Gasteiger partial charge is 0.256 e. The first-order valence-electron chi connectivity index (χ1n) is 3.66. The minimum atomic E-state index is -0.0931. The first-order chi connectivity index (χ1) is 6.20. The molecule has 0 saturated carbocycles. The van der Waals surface area contributed by atoms with E-state index in [2.05, 4.69) is 4.98 Å². The second kappa shape index (κ2) is 3.31. The molecule has 66 valence electrons. The molecule has 0 fully saturated rings. The third-order valence-electron chi connectivity index (χ3n) is 1.82. The predicted molar refractivity (Wildman–Crippen MR) is 62.3 cm³/mol. The lowest BCUT2D eigenvalue weighted by atomic mass is 10.2. The predicted octanol–water partition coefficient (Wildman–Crippen LogP) is 2.79. The number of benzene rings is 1. The summed E-state index contributed by atoms with van der Waals surface area (Å²) in [6.45, 7) is 0. The van der Waals surface area contributed by atoms with E-state index >= 15 is 0 Å². The summed E-state index contributed by atoms with van der Waals surface area (Å²) in [5.74, 6) is 0. The number of halogens is 2. The fourth-order valence-corrected chi connectivity index (χ4v) is 1.96. The molecular weight excluding hydrogens is 300 g/mol. The van der Waals surface area contributed by atoms with Gasteiger partial charge in [0.1, 0.15) is 0 Å². The highest BCUT2D eigenvalue weighted by molar-refractivity contribution is 14.1. The van der Waals surface area contributed by atoms with Gasteiger partial charge in [-0.2, -0.15) is 0 Å². The number of nitrogens with one attached hydrogen (secondary N) is 1. The summed E-state index contributed by atoms with van der Waals surface area (Å²) in [6.07, 6.45) is 0. The van der Waals surface area contributed by atoms with Crippen molar-refractivity contribution in [1.29, 1.82) is 0 Å². The van der Waals surface area contributed by atoms with Gasteiger partial charge in [0.2, 0.25) is 0 Å². The summed E-state index contributed by atoms with van der Waals surface area (Å²) in [5, 5.41) is 2.04. The van der Waals surface area contributed by atoms with Crippen LogP contribution in [0, 0.1) is 3.70 Å². The van der Waals surface area contributed by atoms with Gasteiger partial charge < -0.3 is 4.98 Å². The zero-order chi connectivity index (χ0) is 9.42. The quantitative estimate of drug-likeness (QED) is 0.589. The Kier molecular flexibility index (Phi) is 2.29. The molecule has 0 aliphatic carbocycles. The monoisotopic (exact) mass is 305 g/mol. The summed E-state index contributed by atoms with van der Waals surface area (Å²) < 4.78 is 0.683. The Morgan fingerprint density at radius 2 is 1.85 bits per heavy atom. The number of H-pyrrole nitrogens is 1. The minimum absolute atomic E-state index is 0.0931. The Labute approximate surface area is 93.1 Å². The number of fused-ring (bicyclic) bond motifs is 1. The summed E-state index contributed by atoms with van der Waals surface area (Å²) in [6, 6.07) is 7.29. The third-order valence-corrected chi connectivity index (χ3v) is 3.34. The van der Waals surface area contributed by atoms with E-state index in [1.807, 2.05) is 40.8 Å². The normalized spacial score (nSPS) is 10.6. The highest BCUT2D eigenvalue weighted by atomic mass is 127. The minimum Gasteiger partial charge on any atom is -0.316 e. The van der Waals surface area contributed by atoms with Crippen LogP contribution in [0.15, 0.2) is 29.1 Å². The van der Waals surface area contributed by atoms with E-state index in [0.717, 1.165) is 5.39 Å². The summed E-state index contributed by atoms with van der Waals surface area (Å²) in [5.41, 5.74) is -0.0931. The van der Waals surface area contributed by atoms with E-state index in [9.17, 15) is 4.79 Å². The maximum Gasteiger partial charge on any atom is 0.256 e. The Bertz CT molecular complexity index is 520. The van der Waals surface area contributed by atoms with Crippen molar-refractivity contribution in [2.45, 2.75) is 0 Å². The molecule has 1 heterocycles. The molecule has 2 nitrogen and oxygen atoms in total. The maximum atomic E-state index is 11.4. The Morgan fingerprint density at radius 1 is 1.23 bits per heavy atom. The molecule has 1 aromatic heterocycles. The lowest BCUT2D eigenvalue weighted by Gasteiger charge is -2.00. The summed E-state index contributed by atoms with van der Waals surface area (Å²) in [4.78, 5) is 14.1. The number of rotatable bonds is 0. The van der Waals surface area contributed by atoms with Crippen molar-refractivity contribution in [3.63, 3.8) is 0 Å². The van der Waals surface area contributed by atoms with Gasteiger partial charge in [0.15, 0.2) is 0 Å². The highest BCUT2D eigenvalue weighted by Gasteiger charge is 2.05. The van der Waals surface area contributed by atoms with Crippen LogP contribution in [0.5, 0.6) is 0 Å². The molecular formula is C9H5ClINO. The lowest BCUT2D eigenvalue weighted by molar-refractivity contribution is 1.23. The van der Waals surface area contributed by atoms with Gasteiger partial charge in [0, 0.05) is 10.8 Å². The van der Waals surface area contributed by atoms with Crippen LogP contribution in [-0.4, -0.2) is 4.98 Å². The molecule has 0 saturated heterocycles. The fourth-order valence-electron chi connectivity index (χ4n) is 1.21. The first-order valence-corrected chi connectivity index (χ1v) is 5.12. The van der Waals surface area contributed by atoms with E-state index in [0.29, 0.717) is 14.1 Å². The first kappa shape index (κ1) is 9.02. The van der Waals surface area contributed by atoms with Crippen LogP contribution >= 0.6 is 34.2 Å². The van der Waals surface area contributed by atoms with Gasteiger partial charge in [-0.05, 0) is 28.7 Å². The average molecular weight is 306 g/mol. The van der Waals surface area contributed by atoms with E-state index in [1.165, 1.54) is 0 Å². The highest BCUT2D eigenvalue weighted by Crippen LogP contribution is 2.23. The third kappa shape index (κ3) is 1.46. The van der Waals surface area contributed by atoms with E-state index < -0.39 is 0 Å². The van der Waals surface area contributed by atoms with Crippen LogP contribution < -0.4 is 5.56 Å². The standard InChI is InChI=1S/C9H5ClINO/c10-7-5-3-1-2-4-6(5)9(13)12-8(7)11/h1-4H,(H,12,13). The van der Waals surface area contributed by atoms with Crippen LogP contribution in [0.1, 0.15) is 0 Å². The lowest BCUT2D eigenvalue weighted by Crippen LogP contribution is -2.07. The van der Waals surface area contributed by atoms with Crippen molar-refractivity contribution in [3.8, 4) is 0 Å². The van der Waals surface area contributed by atoms with Crippen LogP contribution in [0.25, 0.3) is 10.8 Å². The number of hydrogen-bond donors (Lipinski definition) is 1. The van der Waals surface area contributed by atoms with E-state index in [-0.39, 0.29) is 5.56 Å². The van der Waals surface area contributed by atoms with Gasteiger partial charge in [-0.15, -0.1) is 0 Å². The van der Waals surface area contributed by atoms with E-state index in [4.69, 9.17) is 11.6 Å². The zero-order valence-electron chi connectivity index (χ0n) is 6.47. The molecule has 0 unspecified atom stereocenters. The number of aromatic nitrogens is 1. The molecule has 0 radical (unpaired) electrons. The Balaban J connectivity index is 3.06. The van der Waals surface area contributed by atoms with E-state index in [1.54, 1.807) is 6.07 Å². The van der Waals surface area contributed by atoms with Crippen LogP contribution in [0.2, 0.25) is 5.02 Å². The second-order valence-electron chi connectivity index (χ2n) is 2.63. The molecule has 2 aromatic rings. The van der Waals surface area contributed by atoms with Gasteiger partial charge >= 0.3 is 0 Å². The topological polar surface area (TPSA) is 32.9 Å². The average Bonchev–Trinajstić information content (AvgIpc) is 2.15. The molecule has 0 aliphatic heterocycles. The molecule has 0 amide bonds. The number of hydrogen-bond acceptors (Lipinski definition) is 1. The van der Waals surface area contributed by atoms with Crippen molar-refractivity contribution in [3.05, 3.63) is 43.3 Å². The molecule has 0 aliphatic rings. The van der Waals surface area contributed by atoms with Gasteiger partial charge in [0.05, 0.1) is 8.72 Å². The van der Waals surface area contributed by atoms with Crippen molar-refractivity contribution in [2.24, 2.45) is 0 Å². The molecule has 2 rings (SSSR count). The van der Waals surface area contributed by atoms with Crippen LogP contribution in [0.4, 0.5) is 0 Å². The SMILES string of the molecule is O=c1[nH]c(I)c(Cl)c2ccccc12. The van der Waals surface area contributed by atoms with Crippen molar-refractivity contribution in [1.82, 2.24) is 4.98 Å². The van der Waals surface area contributed by atoms with Crippen molar-refractivity contribution in [2.75, 3.05) is 0 Å². The molecule has 4 heteroatoms.